The van der Waals surface area contributed by atoms with Crippen LogP contribution in [0.4, 0.5) is 0 Å². The molecule has 2 atom stereocenters. The molecule has 0 spiro atoms. The van der Waals surface area contributed by atoms with Gasteiger partial charge in [-0.1, -0.05) is 74.5 Å². The van der Waals surface area contributed by atoms with Gasteiger partial charge in [0.1, 0.15) is 6.04 Å². The van der Waals surface area contributed by atoms with Crippen LogP contribution in [0.15, 0.2) is 60.7 Å². The highest BCUT2D eigenvalue weighted by Crippen LogP contribution is 2.28. The van der Waals surface area contributed by atoms with E-state index in [0.717, 1.165) is 11.1 Å². The second-order valence-electron chi connectivity index (χ2n) is 6.71. The van der Waals surface area contributed by atoms with E-state index in [2.05, 4.69) is 4.90 Å². The topological polar surface area (TPSA) is 49.8 Å². The minimum atomic E-state index is -0.437. The lowest BCUT2D eigenvalue weighted by atomic mass is 9.96. The lowest BCUT2D eigenvalue weighted by Gasteiger charge is -2.38. The van der Waals surface area contributed by atoms with E-state index in [1.165, 1.54) is 0 Å². The zero-order valence-electron chi connectivity index (χ0n) is 15.8. The van der Waals surface area contributed by atoms with Gasteiger partial charge in [-0.2, -0.15) is 0 Å². The molecular weight excluding hydrogens is 326 g/mol. The Hall–Kier alpha value is -2.17. The minimum absolute atomic E-state index is 0.0514. The molecular formula is C22H29NO3. The van der Waals surface area contributed by atoms with Gasteiger partial charge in [0.2, 0.25) is 0 Å². The molecule has 2 aromatic carbocycles. The Bertz CT molecular complexity index is 658. The zero-order valence-corrected chi connectivity index (χ0v) is 15.8. The normalized spacial score (nSPS) is 13.6. The monoisotopic (exact) mass is 355 g/mol. The Balaban J connectivity index is 2.43. The summed E-state index contributed by atoms with van der Waals surface area (Å²) in [5, 5.41) is 10.2. The summed E-state index contributed by atoms with van der Waals surface area (Å²) < 4.78 is 5.35. The van der Waals surface area contributed by atoms with Crippen molar-refractivity contribution < 1.29 is 14.6 Å². The highest BCUT2D eigenvalue weighted by Gasteiger charge is 2.35. The zero-order chi connectivity index (χ0) is 18.9. The largest absolute Gasteiger partial charge is 0.465 e. The fraction of sp³-hybridized carbons (Fsp3) is 0.409. The molecule has 140 valence electrons. The molecule has 0 aliphatic rings. The van der Waals surface area contributed by atoms with Gasteiger partial charge in [0.15, 0.2) is 0 Å². The number of ether oxygens (including phenoxy) is 1. The van der Waals surface area contributed by atoms with Crippen molar-refractivity contribution in [1.82, 2.24) is 4.90 Å². The summed E-state index contributed by atoms with van der Waals surface area (Å²) in [7, 11) is 0. The lowest BCUT2D eigenvalue weighted by molar-refractivity contribution is -0.153. The molecule has 0 radical (unpaired) electrons. The molecule has 0 saturated heterocycles. The fourth-order valence-electron chi connectivity index (χ4n) is 3.29. The summed E-state index contributed by atoms with van der Waals surface area (Å²) in [5.41, 5.74) is 2.08. The molecule has 0 aliphatic heterocycles. The van der Waals surface area contributed by atoms with Crippen LogP contribution in [0.1, 0.15) is 37.9 Å². The Morgan fingerprint density at radius 1 is 1.04 bits per heavy atom. The van der Waals surface area contributed by atoms with Crippen molar-refractivity contribution in [2.24, 2.45) is 5.92 Å². The van der Waals surface area contributed by atoms with E-state index in [1.54, 1.807) is 0 Å². The number of hydrogen-bond acceptors (Lipinski definition) is 4. The van der Waals surface area contributed by atoms with E-state index < -0.39 is 6.04 Å². The molecule has 0 heterocycles. The number of benzene rings is 2. The van der Waals surface area contributed by atoms with Crippen LogP contribution < -0.4 is 0 Å². The fourth-order valence-corrected chi connectivity index (χ4v) is 3.29. The number of rotatable bonds is 9. The third kappa shape index (κ3) is 5.16. The van der Waals surface area contributed by atoms with Crippen molar-refractivity contribution in [2.75, 3.05) is 13.2 Å². The van der Waals surface area contributed by atoms with Gasteiger partial charge in [0.05, 0.1) is 19.3 Å². The molecule has 2 aromatic rings. The summed E-state index contributed by atoms with van der Waals surface area (Å²) in [6.45, 7) is 6.67. The predicted octanol–water partition coefficient (Wildman–Crippen LogP) is 3.81. The summed E-state index contributed by atoms with van der Waals surface area (Å²) in [6.07, 6.45) is 0. The summed E-state index contributed by atoms with van der Waals surface area (Å²) in [5.74, 6) is -0.191. The van der Waals surface area contributed by atoms with E-state index in [1.807, 2.05) is 81.4 Å². The lowest BCUT2D eigenvalue weighted by Crippen LogP contribution is -2.48. The average Bonchev–Trinajstić information content (AvgIpc) is 2.64. The van der Waals surface area contributed by atoms with Gasteiger partial charge in [0, 0.05) is 6.54 Å². The predicted molar refractivity (Wildman–Crippen MR) is 104 cm³/mol. The van der Waals surface area contributed by atoms with Crippen molar-refractivity contribution >= 4 is 5.97 Å². The Labute approximate surface area is 156 Å². The highest BCUT2D eigenvalue weighted by atomic mass is 16.5. The number of esters is 1. The molecule has 0 amide bonds. The first kappa shape index (κ1) is 20.1. The van der Waals surface area contributed by atoms with Gasteiger partial charge in [-0.3, -0.25) is 9.69 Å². The molecule has 0 saturated carbocycles. The maximum atomic E-state index is 12.7. The first-order chi connectivity index (χ1) is 12.6. The first-order valence-electron chi connectivity index (χ1n) is 9.20. The molecule has 4 heteroatoms. The molecule has 0 unspecified atom stereocenters. The van der Waals surface area contributed by atoms with Crippen LogP contribution in [-0.4, -0.2) is 35.2 Å². The summed E-state index contributed by atoms with van der Waals surface area (Å²) in [4.78, 5) is 14.8. The van der Waals surface area contributed by atoms with Crippen LogP contribution >= 0.6 is 0 Å². The van der Waals surface area contributed by atoms with Crippen molar-refractivity contribution in [3.63, 3.8) is 0 Å². The van der Waals surface area contributed by atoms with Crippen LogP contribution in [0.25, 0.3) is 0 Å². The highest BCUT2D eigenvalue weighted by molar-refractivity contribution is 5.76. The van der Waals surface area contributed by atoms with Crippen LogP contribution in [0.3, 0.4) is 0 Å². The number of carbonyl (C=O) groups excluding carboxylic acids is 1. The molecule has 2 rings (SSSR count). The number of carbonyl (C=O) groups is 1. The van der Waals surface area contributed by atoms with Crippen LogP contribution in [0, 0.1) is 5.92 Å². The smallest absolute Gasteiger partial charge is 0.323 e. The van der Waals surface area contributed by atoms with E-state index in [0.29, 0.717) is 13.2 Å². The number of aliphatic hydroxyl groups excluding tert-OH is 1. The van der Waals surface area contributed by atoms with Gasteiger partial charge in [-0.15, -0.1) is 0 Å². The van der Waals surface area contributed by atoms with Crippen LogP contribution in [-0.2, 0) is 16.1 Å². The van der Waals surface area contributed by atoms with Crippen molar-refractivity contribution in [3.8, 4) is 0 Å². The van der Waals surface area contributed by atoms with Crippen molar-refractivity contribution in [1.29, 1.82) is 0 Å². The molecule has 26 heavy (non-hydrogen) atoms. The van der Waals surface area contributed by atoms with Crippen LogP contribution in [0.2, 0.25) is 0 Å². The molecule has 4 nitrogen and oxygen atoms in total. The van der Waals surface area contributed by atoms with E-state index in [9.17, 15) is 9.90 Å². The molecule has 0 aliphatic carbocycles. The maximum Gasteiger partial charge on any atom is 0.323 e. The van der Waals surface area contributed by atoms with Crippen molar-refractivity contribution in [3.05, 3.63) is 71.8 Å². The Morgan fingerprint density at radius 3 is 2.12 bits per heavy atom. The SMILES string of the molecule is CCOC(=O)[C@@H](C(C)C)N(Cc1ccccc1)[C@@H](CO)c1ccccc1. The minimum Gasteiger partial charge on any atom is -0.465 e. The molecule has 0 aromatic heterocycles. The first-order valence-corrected chi connectivity index (χ1v) is 9.20. The second kappa shape index (κ2) is 10.1. The Kier molecular flexibility index (Phi) is 7.82. The third-order valence-electron chi connectivity index (χ3n) is 4.48. The van der Waals surface area contributed by atoms with Crippen molar-refractivity contribution in [2.45, 2.75) is 39.4 Å². The number of aliphatic hydroxyl groups is 1. The standard InChI is InChI=1S/C22H29NO3/c1-4-26-22(25)21(17(2)3)23(15-18-11-7-5-8-12-18)20(16-24)19-13-9-6-10-14-19/h5-14,17,20-21,24H,4,15-16H2,1-3H3/t20-,21+/m0/s1. The maximum absolute atomic E-state index is 12.7. The van der Waals surface area contributed by atoms with E-state index >= 15 is 0 Å². The Morgan fingerprint density at radius 2 is 1.62 bits per heavy atom. The van der Waals surface area contributed by atoms with Gasteiger partial charge in [0.25, 0.3) is 0 Å². The van der Waals surface area contributed by atoms with Gasteiger partial charge in [-0.05, 0) is 24.0 Å². The van der Waals surface area contributed by atoms with Crippen LogP contribution in [0.5, 0.6) is 0 Å². The van der Waals surface area contributed by atoms with E-state index in [-0.39, 0.29) is 24.5 Å². The number of nitrogens with zero attached hydrogens (tertiary/aromatic N) is 1. The quantitative estimate of drug-likeness (QED) is 0.695. The molecule has 0 bridgehead atoms. The second-order valence-corrected chi connectivity index (χ2v) is 6.71. The van der Waals surface area contributed by atoms with Gasteiger partial charge >= 0.3 is 5.97 Å². The number of hydrogen-bond donors (Lipinski definition) is 1. The molecule has 1 N–H and O–H groups in total. The summed E-state index contributed by atoms with van der Waals surface area (Å²) in [6, 6.07) is 19.1. The summed E-state index contributed by atoms with van der Waals surface area (Å²) >= 11 is 0. The molecule has 0 fully saturated rings. The van der Waals surface area contributed by atoms with E-state index in [4.69, 9.17) is 4.74 Å². The van der Waals surface area contributed by atoms with Gasteiger partial charge in [-0.25, -0.2) is 0 Å². The third-order valence-corrected chi connectivity index (χ3v) is 4.48. The van der Waals surface area contributed by atoms with Gasteiger partial charge < -0.3 is 9.84 Å². The average molecular weight is 355 g/mol.